The predicted molar refractivity (Wildman–Crippen MR) is 93.2 cm³/mol. The Bertz CT molecular complexity index is 972. The van der Waals surface area contributed by atoms with Crippen LogP contribution in [0.4, 0.5) is 13.2 Å². The zero-order chi connectivity index (χ0) is 19.2. The van der Waals surface area contributed by atoms with Crippen LogP contribution in [0, 0.1) is 19.8 Å². The van der Waals surface area contributed by atoms with Gasteiger partial charge in [0.2, 0.25) is 5.78 Å². The first-order valence-electron chi connectivity index (χ1n) is 8.96. The van der Waals surface area contributed by atoms with Crippen LogP contribution in [0.1, 0.15) is 35.0 Å². The van der Waals surface area contributed by atoms with E-state index in [2.05, 4.69) is 20.3 Å². The Morgan fingerprint density at radius 1 is 1.26 bits per heavy atom. The van der Waals surface area contributed by atoms with Crippen LogP contribution in [0.2, 0.25) is 0 Å². The van der Waals surface area contributed by atoms with Gasteiger partial charge in [-0.3, -0.25) is 4.40 Å². The number of halogens is 3. The van der Waals surface area contributed by atoms with Crippen LogP contribution in [0.5, 0.6) is 0 Å². The largest absolute Gasteiger partial charge is 0.434 e. The van der Waals surface area contributed by atoms with Crippen molar-refractivity contribution in [3.63, 3.8) is 0 Å². The number of nitrogens with one attached hydrogen (secondary N) is 1. The van der Waals surface area contributed by atoms with Crippen LogP contribution in [-0.2, 0) is 25.7 Å². The van der Waals surface area contributed by atoms with Crippen LogP contribution in [0.15, 0.2) is 18.5 Å². The molecule has 0 aromatic carbocycles. The van der Waals surface area contributed by atoms with Gasteiger partial charge in [-0.2, -0.15) is 13.2 Å². The Labute approximate surface area is 154 Å². The molecule has 4 rings (SSSR count). The summed E-state index contributed by atoms with van der Waals surface area (Å²) in [6.45, 7) is 5.88. The Morgan fingerprint density at radius 3 is 2.85 bits per heavy atom. The van der Waals surface area contributed by atoms with E-state index < -0.39 is 11.9 Å². The summed E-state index contributed by atoms with van der Waals surface area (Å²) in [4.78, 5) is 12.5. The first-order valence-corrected chi connectivity index (χ1v) is 8.96. The minimum absolute atomic E-state index is 0.272. The van der Waals surface area contributed by atoms with Crippen molar-refractivity contribution in [1.82, 2.24) is 29.2 Å². The third kappa shape index (κ3) is 3.55. The number of hydrogen-bond acceptors (Lipinski definition) is 4. The first-order chi connectivity index (χ1) is 12.8. The van der Waals surface area contributed by atoms with Crippen LogP contribution in [0.25, 0.3) is 5.78 Å². The van der Waals surface area contributed by atoms with Gasteiger partial charge in [-0.05, 0) is 32.3 Å². The molecule has 0 bridgehead atoms. The van der Waals surface area contributed by atoms with E-state index >= 15 is 0 Å². The number of hydrogen-bond donors (Lipinski definition) is 1. The van der Waals surface area contributed by atoms with Gasteiger partial charge in [-0.25, -0.2) is 15.0 Å². The highest BCUT2D eigenvalue weighted by molar-refractivity contribution is 5.35. The second kappa shape index (κ2) is 6.63. The van der Waals surface area contributed by atoms with Crippen LogP contribution in [0.3, 0.4) is 0 Å². The van der Waals surface area contributed by atoms with Crippen molar-refractivity contribution in [2.24, 2.45) is 5.92 Å². The smallest absolute Gasteiger partial charge is 0.334 e. The molecule has 144 valence electrons. The molecule has 27 heavy (non-hydrogen) atoms. The Hall–Kier alpha value is -2.42. The minimum atomic E-state index is -4.38. The maximum atomic E-state index is 12.8. The van der Waals surface area contributed by atoms with Gasteiger partial charge >= 0.3 is 6.18 Å². The van der Waals surface area contributed by atoms with E-state index in [9.17, 15) is 13.2 Å². The number of fused-ring (bicyclic) bond motifs is 2. The molecule has 0 saturated heterocycles. The van der Waals surface area contributed by atoms with Gasteiger partial charge in [0, 0.05) is 43.6 Å². The molecule has 0 unspecified atom stereocenters. The molecular weight excluding hydrogens is 357 g/mol. The summed E-state index contributed by atoms with van der Waals surface area (Å²) in [7, 11) is 0. The molecule has 3 aromatic heterocycles. The fourth-order valence-electron chi connectivity index (χ4n) is 3.74. The lowest BCUT2D eigenvalue weighted by Gasteiger charge is -2.24. The molecule has 0 amide bonds. The van der Waals surface area contributed by atoms with Crippen LogP contribution < -0.4 is 5.32 Å². The Morgan fingerprint density at radius 2 is 2.07 bits per heavy atom. The summed E-state index contributed by atoms with van der Waals surface area (Å²) in [5.74, 6) is 1.48. The zero-order valence-electron chi connectivity index (χ0n) is 15.2. The van der Waals surface area contributed by atoms with E-state index in [4.69, 9.17) is 0 Å². The van der Waals surface area contributed by atoms with Gasteiger partial charge in [-0.15, -0.1) is 0 Å². The van der Waals surface area contributed by atoms with Crippen LogP contribution >= 0.6 is 0 Å². The van der Waals surface area contributed by atoms with Gasteiger partial charge < -0.3 is 9.88 Å². The number of aryl methyl sites for hydroxylation is 3. The van der Waals surface area contributed by atoms with Crippen molar-refractivity contribution < 1.29 is 13.2 Å². The van der Waals surface area contributed by atoms with Crippen molar-refractivity contribution in [3.8, 4) is 0 Å². The quantitative estimate of drug-likeness (QED) is 0.758. The summed E-state index contributed by atoms with van der Waals surface area (Å²) in [5.41, 5.74) is 2.23. The fourth-order valence-corrected chi connectivity index (χ4v) is 3.74. The van der Waals surface area contributed by atoms with Crippen molar-refractivity contribution in [2.75, 3.05) is 6.54 Å². The number of rotatable bonds is 4. The third-order valence-corrected chi connectivity index (χ3v) is 4.98. The average Bonchev–Trinajstić information content (AvgIpc) is 3.18. The molecule has 3 aromatic rings. The molecule has 4 heterocycles. The molecule has 1 aliphatic rings. The molecular formula is C18H21F3N6. The molecule has 0 aliphatic carbocycles. The summed E-state index contributed by atoms with van der Waals surface area (Å²) < 4.78 is 42.1. The van der Waals surface area contributed by atoms with E-state index in [1.54, 1.807) is 4.57 Å². The first kappa shape index (κ1) is 18.0. The monoisotopic (exact) mass is 378 g/mol. The second-order valence-corrected chi connectivity index (χ2v) is 7.15. The molecule has 0 spiro atoms. The van der Waals surface area contributed by atoms with Gasteiger partial charge in [0.1, 0.15) is 5.82 Å². The van der Waals surface area contributed by atoms with Gasteiger partial charge in [-0.1, -0.05) is 0 Å². The summed E-state index contributed by atoms with van der Waals surface area (Å²) in [5, 5.41) is 3.41. The molecule has 6 nitrogen and oxygen atoms in total. The molecule has 1 N–H and O–H groups in total. The highest BCUT2D eigenvalue weighted by Crippen LogP contribution is 2.30. The average molecular weight is 378 g/mol. The molecule has 0 saturated carbocycles. The number of imidazole rings is 2. The summed E-state index contributed by atoms with van der Waals surface area (Å²) in [6, 6.07) is 2.01. The van der Waals surface area contributed by atoms with E-state index in [0.29, 0.717) is 31.1 Å². The normalized spacial score (nSPS) is 17.4. The number of aromatic nitrogens is 5. The lowest BCUT2D eigenvalue weighted by atomic mass is 9.99. The van der Waals surface area contributed by atoms with E-state index in [1.807, 2.05) is 30.5 Å². The van der Waals surface area contributed by atoms with Crippen molar-refractivity contribution >= 4 is 5.78 Å². The topological polar surface area (TPSA) is 60.0 Å². The highest BCUT2D eigenvalue weighted by Gasteiger charge is 2.35. The fraction of sp³-hybridized carbons (Fsp3) is 0.500. The standard InChI is InChI=1S/C18H21F3N6/c1-11-5-12(2)27-14(8-23-17(27)24-11)7-22-6-13-3-4-16-25-15(18(19,20)21)10-26(16)9-13/h5,8,10,13,22H,3-4,6-7,9H2,1-2H3/t13-/m0/s1. The third-order valence-electron chi connectivity index (χ3n) is 4.98. The van der Waals surface area contributed by atoms with Gasteiger partial charge in [0.15, 0.2) is 5.69 Å². The Balaban J connectivity index is 1.39. The van der Waals surface area contributed by atoms with Crippen molar-refractivity contribution in [1.29, 1.82) is 0 Å². The molecule has 9 heteroatoms. The van der Waals surface area contributed by atoms with Gasteiger partial charge in [0.25, 0.3) is 0 Å². The van der Waals surface area contributed by atoms with E-state index in [-0.39, 0.29) is 5.92 Å². The van der Waals surface area contributed by atoms with Crippen LogP contribution in [-0.4, -0.2) is 30.5 Å². The zero-order valence-corrected chi connectivity index (χ0v) is 15.2. The summed E-state index contributed by atoms with van der Waals surface area (Å²) in [6.07, 6.45) is -0.0461. The number of alkyl halides is 3. The second-order valence-electron chi connectivity index (χ2n) is 7.15. The molecule has 1 aliphatic heterocycles. The SMILES string of the molecule is Cc1cc(C)n2c(CNC[C@@H]3CCc4nc(C(F)(F)F)cn4C3)cnc2n1. The molecule has 0 radical (unpaired) electrons. The minimum Gasteiger partial charge on any atom is -0.334 e. The lowest BCUT2D eigenvalue weighted by Crippen LogP contribution is -2.30. The Kier molecular flexibility index (Phi) is 4.41. The lowest BCUT2D eigenvalue weighted by molar-refractivity contribution is -0.141. The summed E-state index contributed by atoms with van der Waals surface area (Å²) >= 11 is 0. The van der Waals surface area contributed by atoms with E-state index in [0.717, 1.165) is 36.2 Å². The number of nitrogens with zero attached hydrogens (tertiary/aromatic N) is 5. The highest BCUT2D eigenvalue weighted by atomic mass is 19.4. The van der Waals surface area contributed by atoms with E-state index in [1.165, 1.54) is 0 Å². The molecule has 1 atom stereocenters. The maximum absolute atomic E-state index is 12.8. The predicted octanol–water partition coefficient (Wildman–Crippen LogP) is 2.91. The maximum Gasteiger partial charge on any atom is 0.434 e. The van der Waals surface area contributed by atoms with Gasteiger partial charge in [0.05, 0.1) is 11.9 Å². The van der Waals surface area contributed by atoms with Crippen molar-refractivity contribution in [3.05, 3.63) is 47.1 Å². The van der Waals surface area contributed by atoms with Crippen molar-refractivity contribution in [2.45, 2.75) is 46.0 Å². The molecule has 0 fully saturated rings.